The van der Waals surface area contributed by atoms with Crippen molar-refractivity contribution in [3.8, 4) is 5.75 Å². The number of nitrogens with zero attached hydrogens (tertiary/aromatic N) is 1. The molecular weight excluding hydrogens is 345 g/mol. The van der Waals surface area contributed by atoms with E-state index in [2.05, 4.69) is 21.5 Å². The SMILES string of the molecule is C=CCC[C@H](c1ccc(OC(F)F)cc1)N1CCNCC1.Cl.Cl. The third kappa shape index (κ3) is 7.04. The maximum absolute atomic E-state index is 12.2. The average Bonchev–Trinajstić information content (AvgIpc) is 2.50. The van der Waals surface area contributed by atoms with Crippen molar-refractivity contribution in [2.75, 3.05) is 26.2 Å². The molecule has 1 aromatic rings. The van der Waals surface area contributed by atoms with E-state index in [1.165, 1.54) is 0 Å². The predicted octanol–water partition coefficient (Wildman–Crippen LogP) is 4.04. The van der Waals surface area contributed by atoms with Gasteiger partial charge in [0, 0.05) is 32.2 Å². The Hall–Kier alpha value is -0.880. The van der Waals surface area contributed by atoms with Gasteiger partial charge in [0.15, 0.2) is 0 Å². The topological polar surface area (TPSA) is 24.5 Å². The van der Waals surface area contributed by atoms with Gasteiger partial charge in [0.05, 0.1) is 0 Å². The Morgan fingerprint density at radius 3 is 2.30 bits per heavy atom. The highest BCUT2D eigenvalue weighted by molar-refractivity contribution is 5.85. The fraction of sp³-hybridized carbons (Fsp3) is 0.500. The van der Waals surface area contributed by atoms with Crippen molar-refractivity contribution in [2.24, 2.45) is 0 Å². The lowest BCUT2D eigenvalue weighted by molar-refractivity contribution is -0.0498. The molecule has 1 atom stereocenters. The van der Waals surface area contributed by atoms with E-state index in [1.54, 1.807) is 12.1 Å². The van der Waals surface area contributed by atoms with Gasteiger partial charge in [-0.05, 0) is 30.5 Å². The number of piperazine rings is 1. The van der Waals surface area contributed by atoms with Crippen LogP contribution in [0.5, 0.6) is 5.75 Å². The van der Waals surface area contributed by atoms with Gasteiger partial charge in [0.25, 0.3) is 0 Å². The Labute approximate surface area is 148 Å². The molecule has 23 heavy (non-hydrogen) atoms. The standard InChI is InChI=1S/C16H22F2N2O.2ClH/c1-2-3-4-15(20-11-9-19-10-12-20)13-5-7-14(8-6-13)21-16(17)18;;/h2,5-8,15-16,19H,1,3-4,9-12H2;2*1H/t15-;;/m1../s1. The van der Waals surface area contributed by atoms with Gasteiger partial charge < -0.3 is 10.1 Å². The number of ether oxygens (including phenoxy) is 1. The van der Waals surface area contributed by atoms with Crippen molar-refractivity contribution < 1.29 is 13.5 Å². The third-order valence-electron chi connectivity index (χ3n) is 3.73. The van der Waals surface area contributed by atoms with Crippen molar-refractivity contribution in [3.63, 3.8) is 0 Å². The molecule has 1 aliphatic rings. The van der Waals surface area contributed by atoms with E-state index in [0.29, 0.717) is 6.04 Å². The summed E-state index contributed by atoms with van der Waals surface area (Å²) in [5, 5.41) is 3.34. The Morgan fingerprint density at radius 2 is 1.78 bits per heavy atom. The summed E-state index contributed by atoms with van der Waals surface area (Å²) in [6, 6.07) is 7.29. The highest BCUT2D eigenvalue weighted by Gasteiger charge is 2.21. The van der Waals surface area contributed by atoms with Crippen molar-refractivity contribution in [1.29, 1.82) is 0 Å². The van der Waals surface area contributed by atoms with Crippen LogP contribution in [0.2, 0.25) is 0 Å². The zero-order valence-electron chi connectivity index (χ0n) is 12.9. The highest BCUT2D eigenvalue weighted by Crippen LogP contribution is 2.28. The molecule has 1 N–H and O–H groups in total. The van der Waals surface area contributed by atoms with E-state index in [-0.39, 0.29) is 30.6 Å². The minimum absolute atomic E-state index is 0. The summed E-state index contributed by atoms with van der Waals surface area (Å²) in [4.78, 5) is 2.43. The van der Waals surface area contributed by atoms with Crippen LogP contribution in [0, 0.1) is 0 Å². The Morgan fingerprint density at radius 1 is 1.17 bits per heavy atom. The van der Waals surface area contributed by atoms with E-state index in [0.717, 1.165) is 44.6 Å². The molecule has 1 fully saturated rings. The van der Waals surface area contributed by atoms with Crippen LogP contribution in [0.4, 0.5) is 8.78 Å². The van der Waals surface area contributed by atoms with Crippen LogP contribution in [0.25, 0.3) is 0 Å². The van der Waals surface area contributed by atoms with E-state index >= 15 is 0 Å². The molecule has 7 heteroatoms. The van der Waals surface area contributed by atoms with Crippen molar-refractivity contribution in [3.05, 3.63) is 42.5 Å². The first-order chi connectivity index (χ1) is 10.2. The van der Waals surface area contributed by atoms with Crippen LogP contribution in [0.15, 0.2) is 36.9 Å². The molecule has 0 aliphatic carbocycles. The quantitative estimate of drug-likeness (QED) is 0.734. The van der Waals surface area contributed by atoms with Crippen LogP contribution in [-0.4, -0.2) is 37.7 Å². The van der Waals surface area contributed by atoms with Gasteiger partial charge in [-0.25, -0.2) is 0 Å². The molecule has 1 heterocycles. The highest BCUT2D eigenvalue weighted by atomic mass is 35.5. The molecule has 1 aliphatic heterocycles. The molecule has 0 unspecified atom stereocenters. The van der Waals surface area contributed by atoms with Crippen LogP contribution in [0.3, 0.4) is 0 Å². The first-order valence-corrected chi connectivity index (χ1v) is 7.31. The fourth-order valence-corrected chi connectivity index (χ4v) is 2.70. The number of benzene rings is 1. The molecule has 0 spiro atoms. The molecule has 1 saturated heterocycles. The Bertz CT molecular complexity index is 440. The molecule has 0 bridgehead atoms. The predicted molar refractivity (Wildman–Crippen MR) is 94.2 cm³/mol. The third-order valence-corrected chi connectivity index (χ3v) is 3.73. The second-order valence-electron chi connectivity index (χ2n) is 5.12. The zero-order valence-corrected chi connectivity index (χ0v) is 14.6. The summed E-state index contributed by atoms with van der Waals surface area (Å²) in [5.41, 5.74) is 1.14. The number of halogens is 4. The molecule has 0 aromatic heterocycles. The van der Waals surface area contributed by atoms with E-state index in [1.807, 2.05) is 18.2 Å². The summed E-state index contributed by atoms with van der Waals surface area (Å²) < 4.78 is 28.8. The van der Waals surface area contributed by atoms with Crippen molar-refractivity contribution in [2.45, 2.75) is 25.5 Å². The normalized spacial score (nSPS) is 16.1. The molecular formula is C16H24Cl2F2N2O. The molecule has 2 rings (SSSR count). The summed E-state index contributed by atoms with van der Waals surface area (Å²) in [6.07, 6.45) is 3.84. The first-order valence-electron chi connectivity index (χ1n) is 7.31. The summed E-state index contributed by atoms with van der Waals surface area (Å²) >= 11 is 0. The maximum atomic E-state index is 12.2. The van der Waals surface area contributed by atoms with E-state index in [9.17, 15) is 8.78 Å². The Balaban J connectivity index is 0.00000242. The second-order valence-corrected chi connectivity index (χ2v) is 5.12. The van der Waals surface area contributed by atoms with Gasteiger partial charge >= 0.3 is 6.61 Å². The number of rotatable bonds is 7. The largest absolute Gasteiger partial charge is 0.435 e. The van der Waals surface area contributed by atoms with Gasteiger partial charge in [0.1, 0.15) is 5.75 Å². The number of hydrogen-bond donors (Lipinski definition) is 1. The monoisotopic (exact) mass is 368 g/mol. The van der Waals surface area contributed by atoms with Gasteiger partial charge in [-0.15, -0.1) is 31.4 Å². The smallest absolute Gasteiger partial charge is 0.387 e. The number of allylic oxidation sites excluding steroid dienone is 1. The molecule has 0 amide bonds. The van der Waals surface area contributed by atoms with Crippen LogP contribution in [-0.2, 0) is 0 Å². The lowest BCUT2D eigenvalue weighted by Gasteiger charge is -2.35. The zero-order chi connectivity index (χ0) is 15.1. The number of alkyl halides is 2. The second kappa shape index (κ2) is 11.6. The first kappa shape index (κ1) is 22.1. The minimum Gasteiger partial charge on any atom is -0.435 e. The lowest BCUT2D eigenvalue weighted by atomic mass is 9.99. The summed E-state index contributed by atoms with van der Waals surface area (Å²) in [7, 11) is 0. The minimum atomic E-state index is -2.78. The average molecular weight is 369 g/mol. The summed E-state index contributed by atoms with van der Waals surface area (Å²) in [5.74, 6) is 0.205. The van der Waals surface area contributed by atoms with Crippen molar-refractivity contribution >= 4 is 24.8 Å². The molecule has 0 radical (unpaired) electrons. The van der Waals surface area contributed by atoms with Gasteiger partial charge in [-0.3, -0.25) is 4.90 Å². The van der Waals surface area contributed by atoms with Crippen LogP contribution >= 0.6 is 24.8 Å². The van der Waals surface area contributed by atoms with Gasteiger partial charge in [-0.1, -0.05) is 18.2 Å². The van der Waals surface area contributed by atoms with Crippen LogP contribution < -0.4 is 10.1 Å². The molecule has 0 saturated carbocycles. The van der Waals surface area contributed by atoms with Gasteiger partial charge in [0.2, 0.25) is 0 Å². The van der Waals surface area contributed by atoms with Gasteiger partial charge in [-0.2, -0.15) is 8.78 Å². The van der Waals surface area contributed by atoms with Crippen LogP contribution in [0.1, 0.15) is 24.4 Å². The lowest BCUT2D eigenvalue weighted by Crippen LogP contribution is -2.45. The van der Waals surface area contributed by atoms with E-state index < -0.39 is 6.61 Å². The summed E-state index contributed by atoms with van der Waals surface area (Å²) in [6.45, 7) is 4.97. The molecule has 132 valence electrons. The molecule has 1 aromatic carbocycles. The number of hydrogen-bond acceptors (Lipinski definition) is 3. The maximum Gasteiger partial charge on any atom is 0.387 e. The number of nitrogens with one attached hydrogen (secondary N) is 1. The fourth-order valence-electron chi connectivity index (χ4n) is 2.70. The molecule has 3 nitrogen and oxygen atoms in total. The van der Waals surface area contributed by atoms with Crippen molar-refractivity contribution in [1.82, 2.24) is 10.2 Å². The van der Waals surface area contributed by atoms with E-state index in [4.69, 9.17) is 0 Å². The Kier molecular flexibility index (Phi) is 11.2.